The number of thioether (sulfide) groups is 1. The average molecular weight is 362 g/mol. The summed E-state index contributed by atoms with van der Waals surface area (Å²) in [6.07, 6.45) is 1.53. The van der Waals surface area contributed by atoms with Crippen molar-refractivity contribution in [3.05, 3.63) is 45.7 Å². The lowest BCUT2D eigenvalue weighted by molar-refractivity contribution is 0.0250. The van der Waals surface area contributed by atoms with Gasteiger partial charge in [0.2, 0.25) is 0 Å². The van der Waals surface area contributed by atoms with E-state index in [1.165, 1.54) is 18.1 Å². The first-order valence-electron chi connectivity index (χ1n) is 8.42. The molecule has 0 saturated carbocycles. The summed E-state index contributed by atoms with van der Waals surface area (Å²) in [4.78, 5) is 11.6. The van der Waals surface area contributed by atoms with Crippen molar-refractivity contribution in [3.8, 4) is 0 Å². The van der Waals surface area contributed by atoms with Gasteiger partial charge in [0.15, 0.2) is 0 Å². The van der Waals surface area contributed by atoms with Crippen LogP contribution in [0.4, 0.5) is 0 Å². The van der Waals surface area contributed by atoms with Crippen molar-refractivity contribution in [1.82, 2.24) is 14.9 Å². The third-order valence-corrected chi connectivity index (χ3v) is 7.16. The molecule has 0 radical (unpaired) electrons. The summed E-state index contributed by atoms with van der Waals surface area (Å²) in [5, 5.41) is 3.38. The van der Waals surface area contributed by atoms with Crippen LogP contribution in [0.2, 0.25) is 0 Å². The molecule has 0 N–H and O–H groups in total. The molecule has 6 heteroatoms. The molecule has 0 aliphatic carbocycles. The molecule has 2 aliphatic rings. The van der Waals surface area contributed by atoms with E-state index in [0.717, 1.165) is 35.8 Å². The highest BCUT2D eigenvalue weighted by Crippen LogP contribution is 2.46. The van der Waals surface area contributed by atoms with Crippen LogP contribution < -0.4 is 0 Å². The molecule has 4 rings (SSSR count). The Balaban J connectivity index is 1.24. The van der Waals surface area contributed by atoms with Gasteiger partial charge in [0, 0.05) is 40.4 Å². The normalized spacial score (nSPS) is 22.8. The zero-order chi connectivity index (χ0) is 16.6. The zero-order valence-electron chi connectivity index (χ0n) is 14.2. The van der Waals surface area contributed by atoms with Gasteiger partial charge < -0.3 is 4.74 Å². The van der Waals surface area contributed by atoms with Gasteiger partial charge >= 0.3 is 0 Å². The number of thiazole rings is 1. The van der Waals surface area contributed by atoms with Gasteiger partial charge in [-0.15, -0.1) is 23.1 Å². The molecule has 1 unspecified atom stereocenters. The monoisotopic (exact) mass is 361 g/mol. The van der Waals surface area contributed by atoms with Gasteiger partial charge in [0.05, 0.1) is 24.9 Å². The summed E-state index contributed by atoms with van der Waals surface area (Å²) >= 11 is 3.87. The lowest BCUT2D eigenvalue weighted by Gasteiger charge is -2.47. The molecule has 1 spiro atoms. The SMILES string of the molecule is Cc1cccc(COC2CSC3(C2)CN(Cc2nc(C)cs2)C3)n1. The third kappa shape index (κ3) is 3.67. The molecule has 128 valence electrons. The first kappa shape index (κ1) is 16.5. The van der Waals surface area contributed by atoms with E-state index >= 15 is 0 Å². The van der Waals surface area contributed by atoms with Gasteiger partial charge in [-0.1, -0.05) is 6.07 Å². The van der Waals surface area contributed by atoms with Crippen LogP contribution in [-0.4, -0.2) is 44.6 Å². The largest absolute Gasteiger partial charge is 0.371 e. The summed E-state index contributed by atoms with van der Waals surface area (Å²) < 4.78 is 6.53. The van der Waals surface area contributed by atoms with Crippen molar-refractivity contribution in [3.63, 3.8) is 0 Å². The van der Waals surface area contributed by atoms with Crippen LogP contribution >= 0.6 is 23.1 Å². The molecular weight excluding hydrogens is 338 g/mol. The average Bonchev–Trinajstić information content (AvgIpc) is 3.12. The number of aryl methyl sites for hydroxylation is 2. The molecule has 0 bridgehead atoms. The van der Waals surface area contributed by atoms with Gasteiger partial charge in [-0.25, -0.2) is 4.98 Å². The van der Waals surface area contributed by atoms with E-state index in [0.29, 0.717) is 17.5 Å². The Labute approximate surface area is 151 Å². The van der Waals surface area contributed by atoms with E-state index < -0.39 is 0 Å². The zero-order valence-corrected chi connectivity index (χ0v) is 15.8. The highest BCUT2D eigenvalue weighted by atomic mass is 32.2. The van der Waals surface area contributed by atoms with Crippen LogP contribution in [0, 0.1) is 13.8 Å². The van der Waals surface area contributed by atoms with E-state index in [2.05, 4.69) is 45.0 Å². The molecule has 2 aromatic heterocycles. The highest BCUT2D eigenvalue weighted by Gasteiger charge is 2.49. The smallest absolute Gasteiger partial charge is 0.107 e. The first-order valence-corrected chi connectivity index (χ1v) is 10.3. The third-order valence-electron chi connectivity index (χ3n) is 4.64. The minimum Gasteiger partial charge on any atom is -0.371 e. The van der Waals surface area contributed by atoms with Crippen molar-refractivity contribution < 1.29 is 4.74 Å². The molecule has 2 aromatic rings. The fraction of sp³-hybridized carbons (Fsp3) is 0.556. The molecule has 0 amide bonds. The number of likely N-dealkylation sites (tertiary alicyclic amines) is 1. The van der Waals surface area contributed by atoms with Crippen LogP contribution in [0.1, 0.15) is 28.5 Å². The molecule has 2 saturated heterocycles. The van der Waals surface area contributed by atoms with Crippen molar-refractivity contribution in [1.29, 1.82) is 0 Å². The van der Waals surface area contributed by atoms with Gasteiger partial charge in [0.25, 0.3) is 0 Å². The first-order chi connectivity index (χ1) is 11.6. The van der Waals surface area contributed by atoms with E-state index in [4.69, 9.17) is 4.74 Å². The molecular formula is C18H23N3OS2. The van der Waals surface area contributed by atoms with Crippen LogP contribution in [0.5, 0.6) is 0 Å². The van der Waals surface area contributed by atoms with E-state index in [-0.39, 0.29) is 0 Å². The quantitative estimate of drug-likeness (QED) is 0.816. The second-order valence-corrected chi connectivity index (χ2v) is 9.36. The van der Waals surface area contributed by atoms with E-state index in [1.807, 2.05) is 19.1 Å². The van der Waals surface area contributed by atoms with Crippen molar-refractivity contribution >= 4 is 23.1 Å². The molecule has 4 heterocycles. The molecule has 24 heavy (non-hydrogen) atoms. The number of hydrogen-bond acceptors (Lipinski definition) is 6. The second kappa shape index (κ2) is 6.75. The Kier molecular flexibility index (Phi) is 4.64. The molecule has 2 fully saturated rings. The summed E-state index contributed by atoms with van der Waals surface area (Å²) in [6.45, 7) is 8.05. The standard InChI is InChI=1S/C18H23N3OS2/c1-13-4-3-5-15(19-13)8-22-16-6-18(24-10-16)11-21(12-18)7-17-20-14(2)9-23-17/h3-5,9,16H,6-8,10-12H2,1-2H3. The van der Waals surface area contributed by atoms with Gasteiger partial charge in [-0.3, -0.25) is 9.88 Å². The summed E-state index contributed by atoms with van der Waals surface area (Å²) in [7, 11) is 0. The lowest BCUT2D eigenvalue weighted by Crippen LogP contribution is -2.58. The highest BCUT2D eigenvalue weighted by molar-refractivity contribution is 8.01. The second-order valence-electron chi connectivity index (χ2n) is 6.93. The molecule has 0 aromatic carbocycles. The summed E-state index contributed by atoms with van der Waals surface area (Å²) in [5.41, 5.74) is 3.23. The summed E-state index contributed by atoms with van der Waals surface area (Å²) in [6, 6.07) is 6.12. The number of aromatic nitrogens is 2. The van der Waals surface area contributed by atoms with Crippen LogP contribution in [0.3, 0.4) is 0 Å². The number of rotatable bonds is 5. The van der Waals surface area contributed by atoms with Gasteiger partial charge in [-0.05, 0) is 32.4 Å². The van der Waals surface area contributed by atoms with Crippen molar-refractivity contribution in [2.24, 2.45) is 0 Å². The predicted octanol–water partition coefficient (Wildman–Crippen LogP) is 3.43. The Bertz CT molecular complexity index is 712. The maximum Gasteiger partial charge on any atom is 0.107 e. The van der Waals surface area contributed by atoms with Crippen LogP contribution in [0.15, 0.2) is 23.6 Å². The number of nitrogens with zero attached hydrogens (tertiary/aromatic N) is 3. The molecule has 2 aliphatic heterocycles. The fourth-order valence-electron chi connectivity index (χ4n) is 3.56. The Morgan fingerprint density at radius 2 is 2.12 bits per heavy atom. The van der Waals surface area contributed by atoms with Crippen LogP contribution in [-0.2, 0) is 17.9 Å². The van der Waals surface area contributed by atoms with Crippen molar-refractivity contribution in [2.75, 3.05) is 18.8 Å². The number of ether oxygens (including phenoxy) is 1. The summed E-state index contributed by atoms with van der Waals surface area (Å²) in [5.74, 6) is 1.11. The lowest BCUT2D eigenvalue weighted by atomic mass is 9.93. The van der Waals surface area contributed by atoms with E-state index in [9.17, 15) is 0 Å². The van der Waals surface area contributed by atoms with Gasteiger partial charge in [0.1, 0.15) is 5.01 Å². The Morgan fingerprint density at radius 1 is 1.25 bits per heavy atom. The van der Waals surface area contributed by atoms with Crippen molar-refractivity contribution in [2.45, 2.75) is 44.3 Å². The maximum absolute atomic E-state index is 6.12. The fourth-order valence-corrected chi connectivity index (χ4v) is 5.98. The van der Waals surface area contributed by atoms with E-state index in [1.54, 1.807) is 11.3 Å². The minimum absolute atomic E-state index is 0.363. The van der Waals surface area contributed by atoms with Crippen LogP contribution in [0.25, 0.3) is 0 Å². The minimum atomic E-state index is 0.363. The number of pyridine rings is 1. The number of hydrogen-bond donors (Lipinski definition) is 0. The molecule has 1 atom stereocenters. The predicted molar refractivity (Wildman–Crippen MR) is 99.5 cm³/mol. The van der Waals surface area contributed by atoms with Gasteiger partial charge in [-0.2, -0.15) is 0 Å². The Morgan fingerprint density at radius 3 is 2.88 bits per heavy atom. The maximum atomic E-state index is 6.12. The molecule has 4 nitrogen and oxygen atoms in total. The topological polar surface area (TPSA) is 38.2 Å². The Hall–Kier alpha value is -0.950.